The van der Waals surface area contributed by atoms with Crippen LogP contribution in [0.2, 0.25) is 5.02 Å². The minimum Gasteiger partial charge on any atom is -0.489 e. The number of nitriles is 1. The van der Waals surface area contributed by atoms with E-state index < -0.39 is 9.84 Å². The van der Waals surface area contributed by atoms with Gasteiger partial charge in [-0.05, 0) is 60.5 Å². The number of aryl methyl sites for hydroxylation is 1. The molecule has 0 saturated carbocycles. The van der Waals surface area contributed by atoms with Gasteiger partial charge in [-0.15, -0.1) is 0 Å². The Labute approximate surface area is 175 Å². The molecule has 146 valence electrons. The van der Waals surface area contributed by atoms with Gasteiger partial charge < -0.3 is 4.74 Å². The van der Waals surface area contributed by atoms with Crippen LogP contribution in [0.15, 0.2) is 82.6 Å². The fourth-order valence-corrected chi connectivity index (χ4v) is 4.01. The molecule has 3 aromatic carbocycles. The van der Waals surface area contributed by atoms with Crippen molar-refractivity contribution < 1.29 is 13.2 Å². The maximum Gasteiger partial charge on any atom is 0.216 e. The summed E-state index contributed by atoms with van der Waals surface area (Å²) in [5.74, 6) is 0.585. The fourth-order valence-electron chi connectivity index (χ4n) is 2.72. The molecule has 0 unspecified atom stereocenters. The molecule has 6 heteroatoms. The van der Waals surface area contributed by atoms with E-state index in [1.165, 1.54) is 30.3 Å². The van der Waals surface area contributed by atoms with Gasteiger partial charge in [0.1, 0.15) is 23.3 Å². The molecule has 0 amide bonds. The third-order valence-electron chi connectivity index (χ3n) is 4.17. The molecule has 0 N–H and O–H groups in total. The highest BCUT2D eigenvalue weighted by molar-refractivity contribution is 7.95. The van der Waals surface area contributed by atoms with Crippen molar-refractivity contribution in [1.82, 2.24) is 0 Å². The van der Waals surface area contributed by atoms with E-state index in [-0.39, 0.29) is 9.80 Å². The van der Waals surface area contributed by atoms with Gasteiger partial charge in [0, 0.05) is 5.02 Å². The highest BCUT2D eigenvalue weighted by Gasteiger charge is 2.20. The van der Waals surface area contributed by atoms with Gasteiger partial charge in [0.15, 0.2) is 0 Å². The van der Waals surface area contributed by atoms with Crippen LogP contribution in [0.25, 0.3) is 6.08 Å². The van der Waals surface area contributed by atoms with Crippen molar-refractivity contribution in [1.29, 1.82) is 5.26 Å². The lowest BCUT2D eigenvalue weighted by atomic mass is 10.1. The van der Waals surface area contributed by atoms with Crippen molar-refractivity contribution in [2.45, 2.75) is 18.4 Å². The van der Waals surface area contributed by atoms with Crippen LogP contribution in [0.5, 0.6) is 5.75 Å². The lowest BCUT2D eigenvalue weighted by Gasteiger charge is -2.08. The Balaban J connectivity index is 1.84. The number of rotatable bonds is 6. The number of allylic oxidation sites excluding steroid dienone is 1. The predicted molar refractivity (Wildman–Crippen MR) is 114 cm³/mol. The first-order valence-electron chi connectivity index (χ1n) is 8.79. The Morgan fingerprint density at radius 1 is 1.07 bits per heavy atom. The second-order valence-electron chi connectivity index (χ2n) is 6.43. The molecule has 0 heterocycles. The first kappa shape index (κ1) is 20.7. The SMILES string of the molecule is Cc1cccc(COc2cccc(C=C(C#N)S(=O)(=O)c3ccc(Cl)cc3)c2)c1. The number of hydrogen-bond acceptors (Lipinski definition) is 4. The average Bonchev–Trinajstić information content (AvgIpc) is 2.71. The number of nitrogens with zero attached hydrogens (tertiary/aromatic N) is 1. The summed E-state index contributed by atoms with van der Waals surface area (Å²) in [6.07, 6.45) is 1.34. The van der Waals surface area contributed by atoms with Crippen LogP contribution in [-0.4, -0.2) is 8.42 Å². The van der Waals surface area contributed by atoms with Crippen LogP contribution in [0.1, 0.15) is 16.7 Å². The Morgan fingerprint density at radius 2 is 1.79 bits per heavy atom. The number of sulfone groups is 1. The molecule has 3 aromatic rings. The van der Waals surface area contributed by atoms with E-state index in [0.29, 0.717) is 22.9 Å². The summed E-state index contributed by atoms with van der Waals surface area (Å²) in [5, 5.41) is 9.85. The van der Waals surface area contributed by atoms with E-state index >= 15 is 0 Å². The molecular weight excluding hydrogens is 406 g/mol. The molecule has 3 rings (SSSR count). The molecule has 0 spiro atoms. The first-order chi connectivity index (χ1) is 13.9. The largest absolute Gasteiger partial charge is 0.489 e. The normalized spacial score (nSPS) is 11.7. The van der Waals surface area contributed by atoms with E-state index in [1.54, 1.807) is 30.3 Å². The van der Waals surface area contributed by atoms with E-state index in [4.69, 9.17) is 16.3 Å². The molecule has 0 atom stereocenters. The summed E-state index contributed by atoms with van der Waals surface area (Å²) in [4.78, 5) is -0.336. The zero-order valence-electron chi connectivity index (χ0n) is 15.7. The van der Waals surface area contributed by atoms with Gasteiger partial charge >= 0.3 is 0 Å². The minimum atomic E-state index is -3.94. The van der Waals surface area contributed by atoms with Gasteiger partial charge in [-0.25, -0.2) is 8.42 Å². The second kappa shape index (κ2) is 8.95. The molecule has 0 aliphatic rings. The Hall–Kier alpha value is -3.07. The lowest BCUT2D eigenvalue weighted by molar-refractivity contribution is 0.306. The van der Waals surface area contributed by atoms with Crippen LogP contribution < -0.4 is 4.74 Å². The number of halogens is 1. The van der Waals surface area contributed by atoms with Crippen molar-refractivity contribution >= 4 is 27.5 Å². The van der Waals surface area contributed by atoms with Crippen LogP contribution in [-0.2, 0) is 16.4 Å². The van der Waals surface area contributed by atoms with Crippen LogP contribution in [0.3, 0.4) is 0 Å². The molecule has 0 bridgehead atoms. The highest BCUT2D eigenvalue weighted by atomic mass is 35.5. The van der Waals surface area contributed by atoms with E-state index in [1.807, 2.05) is 31.2 Å². The van der Waals surface area contributed by atoms with E-state index in [2.05, 4.69) is 0 Å². The van der Waals surface area contributed by atoms with Gasteiger partial charge in [-0.1, -0.05) is 53.6 Å². The summed E-state index contributed by atoms with van der Waals surface area (Å²) in [6, 6.07) is 22.4. The summed E-state index contributed by atoms with van der Waals surface area (Å²) >= 11 is 5.82. The second-order valence-corrected chi connectivity index (χ2v) is 8.78. The van der Waals surface area contributed by atoms with Gasteiger partial charge in [-0.3, -0.25) is 0 Å². The van der Waals surface area contributed by atoms with E-state index in [9.17, 15) is 13.7 Å². The molecule has 0 saturated heterocycles. The van der Waals surface area contributed by atoms with Crippen molar-refractivity contribution in [2.75, 3.05) is 0 Å². The topological polar surface area (TPSA) is 67.2 Å². The fraction of sp³-hybridized carbons (Fsp3) is 0.0870. The quantitative estimate of drug-likeness (QED) is 0.486. The van der Waals surface area contributed by atoms with Crippen LogP contribution in [0.4, 0.5) is 0 Å². The standard InChI is InChI=1S/C23H18ClNO3S/c1-17-4-2-6-19(12-17)16-28-21-7-3-5-18(13-21)14-23(15-25)29(26,27)22-10-8-20(24)9-11-22/h2-14H,16H2,1H3. The van der Waals surface area contributed by atoms with Gasteiger partial charge in [0.25, 0.3) is 0 Å². The third kappa shape index (κ3) is 5.26. The maximum absolute atomic E-state index is 12.7. The van der Waals surface area contributed by atoms with Crippen LogP contribution >= 0.6 is 11.6 Å². The predicted octanol–water partition coefficient (Wildman–Crippen LogP) is 5.57. The average molecular weight is 424 g/mol. The summed E-state index contributed by atoms with van der Waals surface area (Å²) in [6.45, 7) is 2.41. The molecule has 4 nitrogen and oxygen atoms in total. The molecule has 0 radical (unpaired) electrons. The minimum absolute atomic E-state index is 0.0153. The molecular formula is C23H18ClNO3S. The Morgan fingerprint density at radius 3 is 2.48 bits per heavy atom. The molecule has 0 aromatic heterocycles. The zero-order chi connectivity index (χ0) is 20.9. The van der Waals surface area contributed by atoms with Gasteiger partial charge in [0.2, 0.25) is 9.84 Å². The van der Waals surface area contributed by atoms with Crippen molar-refractivity contribution in [2.24, 2.45) is 0 Å². The van der Waals surface area contributed by atoms with Crippen molar-refractivity contribution in [3.05, 3.63) is 99.4 Å². The number of benzene rings is 3. The smallest absolute Gasteiger partial charge is 0.216 e. The van der Waals surface area contributed by atoms with Crippen molar-refractivity contribution in [3.63, 3.8) is 0 Å². The summed E-state index contributed by atoms with van der Waals surface area (Å²) in [5.41, 5.74) is 2.74. The summed E-state index contributed by atoms with van der Waals surface area (Å²) < 4.78 is 31.3. The molecule has 0 aliphatic carbocycles. The third-order valence-corrected chi connectivity index (χ3v) is 6.10. The first-order valence-corrected chi connectivity index (χ1v) is 10.7. The van der Waals surface area contributed by atoms with E-state index in [0.717, 1.165) is 11.1 Å². The number of ether oxygens (including phenoxy) is 1. The van der Waals surface area contributed by atoms with Gasteiger partial charge in [0.05, 0.1) is 4.90 Å². The Bertz CT molecular complexity index is 1190. The summed E-state index contributed by atoms with van der Waals surface area (Å²) in [7, 11) is -3.94. The Kier molecular flexibility index (Phi) is 6.38. The molecule has 29 heavy (non-hydrogen) atoms. The van der Waals surface area contributed by atoms with Crippen molar-refractivity contribution in [3.8, 4) is 11.8 Å². The molecule has 0 fully saturated rings. The zero-order valence-corrected chi connectivity index (χ0v) is 17.2. The monoisotopic (exact) mass is 423 g/mol. The van der Waals surface area contributed by atoms with Gasteiger partial charge in [-0.2, -0.15) is 5.26 Å². The lowest BCUT2D eigenvalue weighted by Crippen LogP contribution is -2.03. The highest BCUT2D eigenvalue weighted by Crippen LogP contribution is 2.24. The van der Waals surface area contributed by atoms with Crippen LogP contribution in [0, 0.1) is 18.3 Å². The molecule has 0 aliphatic heterocycles. The maximum atomic E-state index is 12.7. The number of hydrogen-bond donors (Lipinski definition) is 0.